The molecule has 0 aromatic carbocycles. The Morgan fingerprint density at radius 1 is 1.47 bits per heavy atom. The summed E-state index contributed by atoms with van der Waals surface area (Å²) in [5.74, 6) is 0.669. The van der Waals surface area contributed by atoms with E-state index >= 15 is 0 Å². The highest BCUT2D eigenvalue weighted by atomic mass is 16.5. The molecule has 0 aromatic heterocycles. The Morgan fingerprint density at radius 3 is 2.58 bits per heavy atom. The van der Waals surface area contributed by atoms with Gasteiger partial charge in [-0.3, -0.25) is 10.1 Å². The summed E-state index contributed by atoms with van der Waals surface area (Å²) in [6, 6.07) is 0.232. The molecule has 0 radical (unpaired) electrons. The first-order valence-corrected chi connectivity index (χ1v) is 7.50. The van der Waals surface area contributed by atoms with Gasteiger partial charge in [-0.05, 0) is 26.2 Å². The molecule has 1 saturated carbocycles. The van der Waals surface area contributed by atoms with Crippen LogP contribution in [0.25, 0.3) is 0 Å². The molecule has 110 valence electrons. The van der Waals surface area contributed by atoms with Crippen LogP contribution in [0.3, 0.4) is 0 Å². The minimum atomic E-state index is -0.0608. The van der Waals surface area contributed by atoms with Crippen LogP contribution in [0.2, 0.25) is 0 Å². The Labute approximate surface area is 116 Å². The van der Waals surface area contributed by atoms with Crippen LogP contribution in [-0.4, -0.2) is 41.8 Å². The van der Waals surface area contributed by atoms with E-state index in [0.717, 1.165) is 13.0 Å². The quantitative estimate of drug-likeness (QED) is 0.848. The molecule has 1 N–H and O–H groups in total. The van der Waals surface area contributed by atoms with Crippen LogP contribution in [0, 0.1) is 11.3 Å². The fourth-order valence-electron chi connectivity index (χ4n) is 3.45. The third kappa shape index (κ3) is 2.29. The molecule has 2 rings (SSSR count). The molecular formula is C15H28N2O2. The van der Waals surface area contributed by atoms with Crippen molar-refractivity contribution in [3.8, 4) is 0 Å². The first kappa shape index (κ1) is 14.8. The summed E-state index contributed by atoms with van der Waals surface area (Å²) in [6.07, 6.45) is 1.40. The second kappa shape index (κ2) is 5.06. The molecule has 4 heteroatoms. The van der Waals surface area contributed by atoms with Crippen molar-refractivity contribution in [3.05, 3.63) is 0 Å². The Balaban J connectivity index is 2.15. The van der Waals surface area contributed by atoms with Crippen molar-refractivity contribution in [2.75, 3.05) is 6.61 Å². The molecule has 2 aliphatic rings. The maximum Gasteiger partial charge on any atom is 0.241 e. The predicted molar refractivity (Wildman–Crippen MR) is 75.7 cm³/mol. The average molecular weight is 268 g/mol. The van der Waals surface area contributed by atoms with Gasteiger partial charge in [0.25, 0.3) is 0 Å². The van der Waals surface area contributed by atoms with Crippen molar-refractivity contribution in [1.82, 2.24) is 10.2 Å². The van der Waals surface area contributed by atoms with E-state index in [1.165, 1.54) is 0 Å². The van der Waals surface area contributed by atoms with E-state index in [2.05, 4.69) is 37.9 Å². The van der Waals surface area contributed by atoms with Gasteiger partial charge >= 0.3 is 0 Å². The van der Waals surface area contributed by atoms with Crippen LogP contribution in [-0.2, 0) is 9.53 Å². The molecule has 1 aliphatic heterocycles. The smallest absolute Gasteiger partial charge is 0.241 e. The molecule has 0 spiro atoms. The van der Waals surface area contributed by atoms with Gasteiger partial charge in [0.05, 0.1) is 18.3 Å². The summed E-state index contributed by atoms with van der Waals surface area (Å²) in [7, 11) is 0. The van der Waals surface area contributed by atoms with Gasteiger partial charge in [-0.2, -0.15) is 0 Å². The maximum atomic E-state index is 12.4. The lowest BCUT2D eigenvalue weighted by molar-refractivity contribution is -0.169. The number of nitrogens with zero attached hydrogens (tertiary/aromatic N) is 1. The fraction of sp³-hybridized carbons (Fsp3) is 0.933. The van der Waals surface area contributed by atoms with Crippen LogP contribution >= 0.6 is 0 Å². The van der Waals surface area contributed by atoms with Crippen molar-refractivity contribution in [2.45, 2.75) is 72.3 Å². The van der Waals surface area contributed by atoms with Gasteiger partial charge in [-0.1, -0.05) is 27.7 Å². The van der Waals surface area contributed by atoms with Crippen molar-refractivity contribution < 1.29 is 9.53 Å². The predicted octanol–water partition coefficient (Wildman–Crippen LogP) is 1.99. The molecular weight excluding hydrogens is 240 g/mol. The second-order valence-corrected chi connectivity index (χ2v) is 6.84. The third-order valence-electron chi connectivity index (χ3n) is 4.81. The second-order valence-electron chi connectivity index (χ2n) is 6.84. The van der Waals surface area contributed by atoms with Gasteiger partial charge in [0, 0.05) is 18.1 Å². The minimum Gasteiger partial charge on any atom is -0.378 e. The molecule has 2 fully saturated rings. The Hall–Kier alpha value is -0.610. The highest BCUT2D eigenvalue weighted by molar-refractivity contribution is 5.84. The zero-order chi connectivity index (χ0) is 14.4. The Morgan fingerprint density at radius 2 is 2.11 bits per heavy atom. The van der Waals surface area contributed by atoms with Crippen LogP contribution in [0.1, 0.15) is 48.0 Å². The van der Waals surface area contributed by atoms with Crippen LogP contribution in [0.5, 0.6) is 0 Å². The van der Waals surface area contributed by atoms with Gasteiger partial charge in [-0.25, -0.2) is 0 Å². The standard InChI is InChI=1S/C15H28N2O2/c1-7-19-12-8-11(15(12,5)6)17-13(9(2)3)16-10(4)14(17)18/h9-13,16H,7-8H2,1-6H3. The van der Waals surface area contributed by atoms with Crippen molar-refractivity contribution >= 4 is 5.91 Å². The summed E-state index contributed by atoms with van der Waals surface area (Å²) in [4.78, 5) is 14.5. The molecule has 19 heavy (non-hydrogen) atoms. The van der Waals surface area contributed by atoms with E-state index in [1.54, 1.807) is 0 Å². The molecule has 1 heterocycles. The molecule has 4 unspecified atom stereocenters. The minimum absolute atomic E-state index is 0.0462. The molecule has 1 amide bonds. The third-order valence-corrected chi connectivity index (χ3v) is 4.81. The maximum absolute atomic E-state index is 12.4. The normalized spacial score (nSPS) is 37.8. The number of amides is 1. The Bertz CT molecular complexity index is 354. The van der Waals surface area contributed by atoms with E-state index in [-0.39, 0.29) is 29.6 Å². The summed E-state index contributed by atoms with van der Waals surface area (Å²) in [5.41, 5.74) is 0.0462. The molecule has 1 saturated heterocycles. The van der Waals surface area contributed by atoms with Crippen molar-refractivity contribution in [1.29, 1.82) is 0 Å². The number of carbonyl (C=O) groups is 1. The first-order chi connectivity index (χ1) is 8.80. The lowest BCUT2D eigenvalue weighted by Crippen LogP contribution is -2.65. The zero-order valence-electron chi connectivity index (χ0n) is 13.1. The topological polar surface area (TPSA) is 41.6 Å². The largest absolute Gasteiger partial charge is 0.378 e. The Kier molecular flexibility index (Phi) is 3.94. The van der Waals surface area contributed by atoms with E-state index in [9.17, 15) is 4.79 Å². The van der Waals surface area contributed by atoms with E-state index < -0.39 is 0 Å². The highest BCUT2D eigenvalue weighted by Gasteiger charge is 2.56. The summed E-state index contributed by atoms with van der Waals surface area (Å²) >= 11 is 0. The van der Waals surface area contributed by atoms with Crippen LogP contribution < -0.4 is 5.32 Å². The van der Waals surface area contributed by atoms with Gasteiger partial charge in [0.1, 0.15) is 0 Å². The number of hydrogen-bond acceptors (Lipinski definition) is 3. The van der Waals surface area contributed by atoms with E-state index in [4.69, 9.17) is 4.74 Å². The van der Waals surface area contributed by atoms with Crippen LogP contribution in [0.15, 0.2) is 0 Å². The van der Waals surface area contributed by atoms with Crippen molar-refractivity contribution in [3.63, 3.8) is 0 Å². The molecule has 1 aliphatic carbocycles. The number of nitrogens with one attached hydrogen (secondary N) is 1. The molecule has 4 nitrogen and oxygen atoms in total. The fourth-order valence-corrected chi connectivity index (χ4v) is 3.45. The number of ether oxygens (including phenoxy) is 1. The highest BCUT2D eigenvalue weighted by Crippen LogP contribution is 2.47. The summed E-state index contributed by atoms with van der Waals surface area (Å²) in [6.45, 7) is 13.5. The van der Waals surface area contributed by atoms with Gasteiger partial charge in [-0.15, -0.1) is 0 Å². The van der Waals surface area contributed by atoms with E-state index in [1.807, 2.05) is 13.8 Å². The zero-order valence-corrected chi connectivity index (χ0v) is 13.1. The van der Waals surface area contributed by atoms with Gasteiger partial charge in [0.2, 0.25) is 5.91 Å². The molecule has 0 bridgehead atoms. The number of hydrogen-bond donors (Lipinski definition) is 1. The monoisotopic (exact) mass is 268 g/mol. The summed E-state index contributed by atoms with van der Waals surface area (Å²) in [5, 5.41) is 3.42. The van der Waals surface area contributed by atoms with E-state index in [0.29, 0.717) is 12.0 Å². The number of carbonyl (C=O) groups excluding carboxylic acids is 1. The molecule has 0 aromatic rings. The summed E-state index contributed by atoms with van der Waals surface area (Å²) < 4.78 is 5.78. The molecule has 4 atom stereocenters. The SMILES string of the molecule is CCOC1CC(N2C(=O)C(C)NC2C(C)C)C1(C)C. The van der Waals surface area contributed by atoms with Gasteiger partial charge < -0.3 is 9.64 Å². The number of rotatable bonds is 4. The average Bonchev–Trinajstić information content (AvgIpc) is 2.61. The lowest BCUT2D eigenvalue weighted by Gasteiger charge is -2.56. The van der Waals surface area contributed by atoms with Gasteiger partial charge in [0.15, 0.2) is 0 Å². The first-order valence-electron chi connectivity index (χ1n) is 7.50. The van der Waals surface area contributed by atoms with Crippen molar-refractivity contribution in [2.24, 2.45) is 11.3 Å². The van der Waals surface area contributed by atoms with Crippen LogP contribution in [0.4, 0.5) is 0 Å². The lowest BCUT2D eigenvalue weighted by atomic mass is 9.63.